The monoisotopic (exact) mass is 156 g/mol. The summed E-state index contributed by atoms with van der Waals surface area (Å²) < 4.78 is 4.46. The molecule has 0 bridgehead atoms. The van der Waals surface area contributed by atoms with E-state index in [4.69, 9.17) is 5.11 Å². The molecule has 1 unspecified atom stereocenters. The van der Waals surface area contributed by atoms with Crippen LogP contribution in [-0.2, 0) is 9.53 Å². The SMILES string of the molecule is O=C(OCO)C1CC=CCC1. The zero-order valence-corrected chi connectivity index (χ0v) is 6.32. The number of aliphatic hydroxyl groups excluding tert-OH is 1. The Labute approximate surface area is 65.7 Å². The summed E-state index contributed by atoms with van der Waals surface area (Å²) in [6, 6.07) is 0. The van der Waals surface area contributed by atoms with Crippen molar-refractivity contribution < 1.29 is 14.6 Å². The minimum absolute atomic E-state index is 0.0350. The molecule has 0 saturated heterocycles. The Morgan fingerprint density at radius 2 is 2.45 bits per heavy atom. The number of rotatable bonds is 2. The van der Waals surface area contributed by atoms with Crippen LogP contribution in [0.15, 0.2) is 12.2 Å². The normalized spacial score (nSPS) is 23.2. The van der Waals surface area contributed by atoms with E-state index in [1.165, 1.54) is 0 Å². The Morgan fingerprint density at radius 1 is 1.64 bits per heavy atom. The molecule has 0 aromatic heterocycles. The van der Waals surface area contributed by atoms with Gasteiger partial charge in [-0.2, -0.15) is 0 Å². The van der Waals surface area contributed by atoms with Crippen molar-refractivity contribution in [2.75, 3.05) is 6.79 Å². The first-order valence-electron chi connectivity index (χ1n) is 3.77. The number of carbonyl (C=O) groups is 1. The van der Waals surface area contributed by atoms with Gasteiger partial charge in [-0.15, -0.1) is 0 Å². The molecule has 1 rings (SSSR count). The van der Waals surface area contributed by atoms with Crippen LogP contribution in [0, 0.1) is 5.92 Å². The maximum absolute atomic E-state index is 11.0. The minimum atomic E-state index is -0.501. The maximum atomic E-state index is 11.0. The van der Waals surface area contributed by atoms with Crippen LogP contribution in [0.4, 0.5) is 0 Å². The van der Waals surface area contributed by atoms with Crippen molar-refractivity contribution in [3.8, 4) is 0 Å². The minimum Gasteiger partial charge on any atom is -0.438 e. The summed E-state index contributed by atoms with van der Waals surface area (Å²) in [7, 11) is 0. The highest BCUT2D eigenvalue weighted by atomic mass is 16.6. The standard InChI is InChI=1S/C8H12O3/c9-6-11-8(10)7-4-2-1-3-5-7/h1-2,7,9H,3-6H2. The molecule has 0 radical (unpaired) electrons. The Bertz CT molecular complexity index is 163. The summed E-state index contributed by atoms with van der Waals surface area (Å²) in [6.07, 6.45) is 6.56. The molecule has 1 aliphatic rings. The second-order valence-corrected chi connectivity index (χ2v) is 2.57. The summed E-state index contributed by atoms with van der Waals surface area (Å²) in [6.45, 7) is -0.501. The molecule has 0 fully saturated rings. The predicted molar refractivity (Wildman–Crippen MR) is 39.7 cm³/mol. The van der Waals surface area contributed by atoms with Crippen molar-refractivity contribution in [2.45, 2.75) is 19.3 Å². The van der Waals surface area contributed by atoms with Crippen molar-refractivity contribution >= 4 is 5.97 Å². The summed E-state index contributed by atoms with van der Waals surface area (Å²) in [5.74, 6) is -0.316. The Hall–Kier alpha value is -0.830. The molecular weight excluding hydrogens is 144 g/mol. The van der Waals surface area contributed by atoms with Gasteiger partial charge in [0.2, 0.25) is 0 Å². The molecule has 1 aliphatic carbocycles. The van der Waals surface area contributed by atoms with E-state index in [0.717, 1.165) is 19.3 Å². The molecule has 3 nitrogen and oxygen atoms in total. The topological polar surface area (TPSA) is 46.5 Å². The van der Waals surface area contributed by atoms with E-state index in [9.17, 15) is 4.79 Å². The second-order valence-electron chi connectivity index (χ2n) is 2.57. The third kappa shape index (κ3) is 2.35. The highest BCUT2D eigenvalue weighted by molar-refractivity contribution is 5.72. The lowest BCUT2D eigenvalue weighted by Crippen LogP contribution is -2.18. The molecule has 0 saturated carbocycles. The largest absolute Gasteiger partial charge is 0.438 e. The van der Waals surface area contributed by atoms with Gasteiger partial charge in [-0.3, -0.25) is 4.79 Å². The first-order valence-corrected chi connectivity index (χ1v) is 3.77. The Kier molecular flexibility index (Phi) is 3.11. The van der Waals surface area contributed by atoms with Crippen molar-refractivity contribution in [3.05, 3.63) is 12.2 Å². The van der Waals surface area contributed by atoms with Crippen LogP contribution in [0.3, 0.4) is 0 Å². The van der Waals surface area contributed by atoms with Crippen LogP contribution >= 0.6 is 0 Å². The van der Waals surface area contributed by atoms with Gasteiger partial charge in [0.15, 0.2) is 6.79 Å². The Morgan fingerprint density at radius 3 is 3.00 bits per heavy atom. The third-order valence-corrected chi connectivity index (χ3v) is 1.81. The van der Waals surface area contributed by atoms with Crippen LogP contribution in [0.2, 0.25) is 0 Å². The zero-order chi connectivity index (χ0) is 8.10. The van der Waals surface area contributed by atoms with Gasteiger partial charge in [-0.25, -0.2) is 0 Å². The molecule has 0 aromatic rings. The number of hydrogen-bond donors (Lipinski definition) is 1. The molecule has 0 heterocycles. The number of carbonyl (C=O) groups excluding carboxylic acids is 1. The second kappa shape index (κ2) is 4.13. The highest BCUT2D eigenvalue weighted by Crippen LogP contribution is 2.18. The quantitative estimate of drug-likeness (QED) is 0.366. The van der Waals surface area contributed by atoms with E-state index < -0.39 is 6.79 Å². The molecule has 0 spiro atoms. The molecule has 0 amide bonds. The van der Waals surface area contributed by atoms with Gasteiger partial charge >= 0.3 is 5.97 Å². The molecule has 0 aliphatic heterocycles. The van der Waals surface area contributed by atoms with E-state index >= 15 is 0 Å². The first kappa shape index (κ1) is 8.27. The van der Waals surface area contributed by atoms with E-state index in [1.54, 1.807) is 0 Å². The lowest BCUT2D eigenvalue weighted by Gasteiger charge is -2.14. The average molecular weight is 156 g/mol. The smallest absolute Gasteiger partial charge is 0.311 e. The zero-order valence-electron chi connectivity index (χ0n) is 6.32. The molecule has 11 heavy (non-hydrogen) atoms. The molecule has 0 aromatic carbocycles. The average Bonchev–Trinajstić information content (AvgIpc) is 2.07. The van der Waals surface area contributed by atoms with Crippen molar-refractivity contribution in [1.82, 2.24) is 0 Å². The van der Waals surface area contributed by atoms with Gasteiger partial charge < -0.3 is 9.84 Å². The van der Waals surface area contributed by atoms with Crippen LogP contribution in [0.1, 0.15) is 19.3 Å². The fraction of sp³-hybridized carbons (Fsp3) is 0.625. The predicted octanol–water partition coefficient (Wildman–Crippen LogP) is 0.836. The van der Waals surface area contributed by atoms with Gasteiger partial charge in [0.1, 0.15) is 0 Å². The van der Waals surface area contributed by atoms with Gasteiger partial charge in [-0.05, 0) is 19.3 Å². The number of esters is 1. The molecular formula is C8H12O3. The summed E-state index contributed by atoms with van der Waals surface area (Å²) in [5, 5.41) is 8.31. The Balaban J connectivity index is 2.34. The van der Waals surface area contributed by atoms with E-state index in [2.05, 4.69) is 10.8 Å². The van der Waals surface area contributed by atoms with Crippen LogP contribution in [-0.4, -0.2) is 17.9 Å². The highest BCUT2D eigenvalue weighted by Gasteiger charge is 2.19. The number of ether oxygens (including phenoxy) is 1. The van der Waals surface area contributed by atoms with Gasteiger partial charge in [0, 0.05) is 0 Å². The molecule has 3 heteroatoms. The summed E-state index contributed by atoms with van der Waals surface area (Å²) in [4.78, 5) is 11.0. The lowest BCUT2D eigenvalue weighted by atomic mass is 9.95. The maximum Gasteiger partial charge on any atom is 0.311 e. The fourth-order valence-electron chi connectivity index (χ4n) is 1.19. The molecule has 1 atom stereocenters. The van der Waals surface area contributed by atoms with Crippen molar-refractivity contribution in [2.24, 2.45) is 5.92 Å². The number of aliphatic hydroxyl groups is 1. The van der Waals surface area contributed by atoms with E-state index in [1.807, 2.05) is 6.08 Å². The van der Waals surface area contributed by atoms with E-state index in [-0.39, 0.29) is 11.9 Å². The van der Waals surface area contributed by atoms with Gasteiger partial charge in [-0.1, -0.05) is 12.2 Å². The number of hydrogen-bond acceptors (Lipinski definition) is 3. The van der Waals surface area contributed by atoms with Gasteiger partial charge in [0.05, 0.1) is 5.92 Å². The first-order chi connectivity index (χ1) is 5.34. The van der Waals surface area contributed by atoms with Gasteiger partial charge in [0.25, 0.3) is 0 Å². The van der Waals surface area contributed by atoms with Crippen molar-refractivity contribution in [1.29, 1.82) is 0 Å². The lowest BCUT2D eigenvalue weighted by molar-refractivity contribution is -0.157. The molecule has 62 valence electrons. The van der Waals surface area contributed by atoms with Crippen LogP contribution in [0.5, 0.6) is 0 Å². The van der Waals surface area contributed by atoms with Crippen molar-refractivity contribution in [3.63, 3.8) is 0 Å². The summed E-state index contributed by atoms with van der Waals surface area (Å²) >= 11 is 0. The van der Waals surface area contributed by atoms with Crippen LogP contribution in [0.25, 0.3) is 0 Å². The van der Waals surface area contributed by atoms with E-state index in [0.29, 0.717) is 0 Å². The fourth-order valence-corrected chi connectivity index (χ4v) is 1.19. The summed E-state index contributed by atoms with van der Waals surface area (Å²) in [5.41, 5.74) is 0. The van der Waals surface area contributed by atoms with Crippen LogP contribution < -0.4 is 0 Å². The third-order valence-electron chi connectivity index (χ3n) is 1.81. The number of allylic oxidation sites excluding steroid dienone is 2. The molecule has 1 N–H and O–H groups in total.